The van der Waals surface area contributed by atoms with Crippen LogP contribution in [0, 0.1) is 37.5 Å². The number of carbonyl (C=O) groups excluding carboxylic acids is 3. The van der Waals surface area contributed by atoms with Gasteiger partial charge in [-0.2, -0.15) is 0 Å². The summed E-state index contributed by atoms with van der Waals surface area (Å²) in [6.07, 6.45) is 11.3. The summed E-state index contributed by atoms with van der Waals surface area (Å²) in [5.41, 5.74) is 1.83. The van der Waals surface area contributed by atoms with E-state index in [-0.39, 0.29) is 23.8 Å². The van der Waals surface area contributed by atoms with Crippen LogP contribution in [0.1, 0.15) is 69.9 Å². The summed E-state index contributed by atoms with van der Waals surface area (Å²) in [5, 5.41) is 6.42. The van der Waals surface area contributed by atoms with E-state index in [0.717, 1.165) is 56.4 Å². The fraction of sp³-hybridized carbons (Fsp3) is 0.676. The van der Waals surface area contributed by atoms with Crippen molar-refractivity contribution in [3.8, 4) is 0 Å². The molecule has 1 spiro atoms. The van der Waals surface area contributed by atoms with Crippen LogP contribution in [0.2, 0.25) is 0 Å². The average molecular weight is 577 g/mol. The van der Waals surface area contributed by atoms with Crippen LogP contribution in [0.4, 0.5) is 5.69 Å². The third-order valence-corrected chi connectivity index (χ3v) is 11.1. The Kier molecular flexibility index (Phi) is 8.22. The molecule has 0 radical (unpaired) electrons. The number of rotatable bonds is 7. The number of hydrogen-bond acceptors (Lipinski definition) is 5. The van der Waals surface area contributed by atoms with E-state index in [1.54, 1.807) is 4.90 Å². The van der Waals surface area contributed by atoms with E-state index in [9.17, 15) is 14.4 Å². The van der Waals surface area contributed by atoms with Crippen molar-refractivity contribution in [1.82, 2.24) is 15.1 Å². The van der Waals surface area contributed by atoms with Crippen LogP contribution in [0.5, 0.6) is 0 Å². The molecule has 2 bridgehead atoms. The summed E-state index contributed by atoms with van der Waals surface area (Å²) >= 11 is 0. The minimum Gasteiger partial charge on any atom is -0.359 e. The molecule has 4 heterocycles. The second-order valence-electron chi connectivity index (χ2n) is 13.7. The first-order chi connectivity index (χ1) is 20.2. The summed E-state index contributed by atoms with van der Waals surface area (Å²) in [4.78, 5) is 46.6. The summed E-state index contributed by atoms with van der Waals surface area (Å²) in [6, 6.07) is 5.13. The Morgan fingerprint density at radius 2 is 1.74 bits per heavy atom. The van der Waals surface area contributed by atoms with Gasteiger partial charge in [0.05, 0.1) is 17.9 Å². The van der Waals surface area contributed by atoms with Gasteiger partial charge in [0.15, 0.2) is 0 Å². The fourth-order valence-corrected chi connectivity index (χ4v) is 8.21. The van der Waals surface area contributed by atoms with Crippen LogP contribution in [0.15, 0.2) is 30.4 Å². The Morgan fingerprint density at radius 1 is 0.976 bits per heavy atom. The molecule has 228 valence electrons. The molecule has 2 N–H and O–H groups in total. The fourth-order valence-electron chi connectivity index (χ4n) is 8.21. The topological polar surface area (TPSA) is 91.0 Å². The standard InChI is InChI=1S/C34H48N4O4/c1-21-12-13-25(20-23(21)3)35-31(39)28-27-14-15-34(42-27)29(28)33(41)38(19-18-37-16-7-5-6-8-17-37)30(34)32(40)36-26-11-9-10-22(2)24(26)4/h12-15,20,22,24,26-30H,5-11,16-19H2,1-4H3,(H,35,39)(H,36,40)/t22-,24+,26-,27+,28-,29+,30+,34+/m1/s1. The van der Waals surface area contributed by atoms with Gasteiger partial charge in [0.1, 0.15) is 11.6 Å². The number of likely N-dealkylation sites (tertiary alicyclic amines) is 2. The lowest BCUT2D eigenvalue weighted by Crippen LogP contribution is -2.58. The Balaban J connectivity index is 1.27. The van der Waals surface area contributed by atoms with E-state index in [2.05, 4.69) is 29.4 Å². The number of aryl methyl sites for hydroxylation is 2. The number of nitrogens with one attached hydrogen (secondary N) is 2. The SMILES string of the molecule is Cc1ccc(NC(=O)[C@@H]2[C@@H]3C=C[C@]4(O3)[C@@H]2C(=O)N(CCN2CCCCCC2)[C@H]4C(=O)N[C@@H]2CCC[C@@H](C)[C@@H]2C)cc1C. The van der Waals surface area contributed by atoms with Gasteiger partial charge in [-0.25, -0.2) is 0 Å². The molecule has 4 aliphatic heterocycles. The molecule has 4 fully saturated rings. The van der Waals surface area contributed by atoms with Gasteiger partial charge in [-0.1, -0.05) is 57.7 Å². The smallest absolute Gasteiger partial charge is 0.246 e. The molecule has 5 aliphatic rings. The van der Waals surface area contributed by atoms with Crippen LogP contribution in [0.3, 0.4) is 0 Å². The van der Waals surface area contributed by atoms with E-state index in [1.807, 2.05) is 44.2 Å². The molecule has 0 unspecified atom stereocenters. The molecular formula is C34H48N4O4. The zero-order valence-electron chi connectivity index (χ0n) is 25.7. The van der Waals surface area contributed by atoms with E-state index in [1.165, 1.54) is 19.3 Å². The van der Waals surface area contributed by atoms with Crippen molar-refractivity contribution >= 4 is 23.4 Å². The first-order valence-electron chi connectivity index (χ1n) is 16.3. The van der Waals surface area contributed by atoms with Crippen molar-refractivity contribution in [3.05, 3.63) is 41.5 Å². The predicted molar refractivity (Wildman–Crippen MR) is 163 cm³/mol. The Hall–Kier alpha value is -2.71. The summed E-state index contributed by atoms with van der Waals surface area (Å²) in [5.74, 6) is -1.01. The van der Waals surface area contributed by atoms with Gasteiger partial charge < -0.3 is 25.2 Å². The maximum atomic E-state index is 14.3. The lowest BCUT2D eigenvalue weighted by Gasteiger charge is -2.38. The lowest BCUT2D eigenvalue weighted by molar-refractivity contribution is -0.141. The van der Waals surface area contributed by atoms with E-state index in [4.69, 9.17) is 4.74 Å². The number of carbonyl (C=O) groups is 3. The third-order valence-electron chi connectivity index (χ3n) is 11.1. The zero-order chi connectivity index (χ0) is 29.6. The molecule has 3 amide bonds. The summed E-state index contributed by atoms with van der Waals surface area (Å²) < 4.78 is 6.57. The van der Waals surface area contributed by atoms with Gasteiger partial charge in [-0.3, -0.25) is 14.4 Å². The number of hydrogen-bond donors (Lipinski definition) is 2. The zero-order valence-corrected chi connectivity index (χ0v) is 25.7. The monoisotopic (exact) mass is 576 g/mol. The van der Waals surface area contributed by atoms with Crippen molar-refractivity contribution < 1.29 is 19.1 Å². The van der Waals surface area contributed by atoms with Crippen LogP contribution >= 0.6 is 0 Å². The van der Waals surface area contributed by atoms with Crippen LogP contribution in [-0.4, -0.2) is 77.5 Å². The average Bonchev–Trinajstić information content (AvgIpc) is 3.51. The molecular weight excluding hydrogens is 528 g/mol. The number of fused-ring (bicyclic) bond motifs is 1. The maximum absolute atomic E-state index is 14.3. The number of anilines is 1. The molecule has 42 heavy (non-hydrogen) atoms. The molecule has 8 atom stereocenters. The van der Waals surface area contributed by atoms with Gasteiger partial charge in [0.25, 0.3) is 0 Å². The van der Waals surface area contributed by atoms with E-state index < -0.39 is 29.6 Å². The van der Waals surface area contributed by atoms with Gasteiger partial charge in [0.2, 0.25) is 17.7 Å². The van der Waals surface area contributed by atoms with Crippen molar-refractivity contribution in [2.75, 3.05) is 31.5 Å². The predicted octanol–water partition coefficient (Wildman–Crippen LogP) is 4.21. The molecule has 6 rings (SSSR count). The highest BCUT2D eigenvalue weighted by Crippen LogP contribution is 2.55. The second kappa shape index (κ2) is 11.8. The highest BCUT2D eigenvalue weighted by Gasteiger charge is 2.72. The quantitative estimate of drug-likeness (QED) is 0.475. The minimum atomic E-state index is -1.13. The normalized spacial score (nSPS) is 36.1. The number of benzene rings is 1. The highest BCUT2D eigenvalue weighted by atomic mass is 16.5. The molecule has 1 aliphatic carbocycles. The van der Waals surface area contributed by atoms with E-state index >= 15 is 0 Å². The van der Waals surface area contributed by atoms with Gasteiger partial charge in [-0.05, 0) is 81.3 Å². The first kappa shape index (κ1) is 29.4. The van der Waals surface area contributed by atoms with Crippen molar-refractivity contribution in [3.63, 3.8) is 0 Å². The minimum absolute atomic E-state index is 0.0747. The lowest BCUT2D eigenvalue weighted by atomic mass is 9.73. The Labute approximate surface area is 250 Å². The first-order valence-corrected chi connectivity index (χ1v) is 16.3. The molecule has 0 aromatic heterocycles. The highest BCUT2D eigenvalue weighted by molar-refractivity contribution is 6.02. The Morgan fingerprint density at radius 3 is 2.48 bits per heavy atom. The number of nitrogens with zero attached hydrogens (tertiary/aromatic N) is 2. The molecule has 8 heteroatoms. The third kappa shape index (κ3) is 5.19. The number of ether oxygens (including phenoxy) is 1. The largest absolute Gasteiger partial charge is 0.359 e. The van der Waals surface area contributed by atoms with Crippen molar-refractivity contribution in [1.29, 1.82) is 0 Å². The second-order valence-corrected chi connectivity index (χ2v) is 13.7. The Bertz CT molecular complexity index is 1240. The summed E-state index contributed by atoms with van der Waals surface area (Å²) in [6.45, 7) is 11.8. The molecule has 1 aromatic rings. The molecule has 8 nitrogen and oxygen atoms in total. The van der Waals surface area contributed by atoms with Gasteiger partial charge in [-0.15, -0.1) is 0 Å². The van der Waals surface area contributed by atoms with Crippen LogP contribution in [-0.2, 0) is 19.1 Å². The van der Waals surface area contributed by atoms with Gasteiger partial charge >= 0.3 is 0 Å². The van der Waals surface area contributed by atoms with Crippen molar-refractivity contribution in [2.45, 2.75) is 96.4 Å². The summed E-state index contributed by atoms with van der Waals surface area (Å²) in [7, 11) is 0. The molecule has 1 aromatic carbocycles. The van der Waals surface area contributed by atoms with Gasteiger partial charge in [0, 0.05) is 24.8 Å². The van der Waals surface area contributed by atoms with Crippen LogP contribution < -0.4 is 10.6 Å². The maximum Gasteiger partial charge on any atom is 0.246 e. The van der Waals surface area contributed by atoms with Crippen LogP contribution in [0.25, 0.3) is 0 Å². The number of amides is 3. The van der Waals surface area contributed by atoms with Crippen molar-refractivity contribution in [2.24, 2.45) is 23.7 Å². The van der Waals surface area contributed by atoms with E-state index in [0.29, 0.717) is 24.1 Å². The molecule has 3 saturated heterocycles. The molecule has 1 saturated carbocycles.